The van der Waals surface area contributed by atoms with Crippen LogP contribution in [-0.2, 0) is 17.6 Å². The summed E-state index contributed by atoms with van der Waals surface area (Å²) in [5.74, 6) is 0. The van der Waals surface area contributed by atoms with Crippen molar-refractivity contribution in [3.63, 3.8) is 0 Å². The summed E-state index contributed by atoms with van der Waals surface area (Å²) in [7, 11) is 0. The van der Waals surface area contributed by atoms with Crippen LogP contribution in [0.1, 0.15) is 9.68 Å². The molecule has 0 fully saturated rings. The molecule has 11 rings (SSSR count). The van der Waals surface area contributed by atoms with Crippen LogP contribution in [0.2, 0.25) is 0 Å². The van der Waals surface area contributed by atoms with Gasteiger partial charge in [0.15, 0.2) is 0 Å². The number of aryl methyl sites for hydroxylation is 1. The molecule has 3 aliphatic heterocycles. The number of hydrogen-bond acceptors (Lipinski definition) is 5. The second-order valence-electron chi connectivity index (χ2n) is 14.3. The van der Waals surface area contributed by atoms with Crippen molar-refractivity contribution in [2.45, 2.75) is 6.92 Å². The van der Waals surface area contributed by atoms with E-state index in [9.17, 15) is 0 Å². The average molecular weight is 930 g/mol. The van der Waals surface area contributed by atoms with Gasteiger partial charge in [0.25, 0.3) is 0 Å². The number of nitrogens with zero attached hydrogens (tertiary/aromatic N) is 5. The number of fused-ring (bicyclic) bond motifs is 12. The summed E-state index contributed by atoms with van der Waals surface area (Å²) in [6, 6.07) is 72.7. The van der Waals surface area contributed by atoms with E-state index in [0.29, 0.717) is 9.83 Å². The molecule has 3 heterocycles. The molecule has 5 nitrogen and oxygen atoms in total. The number of hydrogen-bond donors (Lipinski definition) is 0. The third-order valence-corrected chi connectivity index (χ3v) is 13.8. The van der Waals surface area contributed by atoms with Crippen LogP contribution in [0.5, 0.6) is 0 Å². The zero-order valence-electron chi connectivity index (χ0n) is 34.5. The van der Waals surface area contributed by atoms with Gasteiger partial charge in [0, 0.05) is 0 Å². The molecule has 0 N–H and O–H groups in total. The van der Waals surface area contributed by atoms with E-state index < -0.39 is 24.6 Å². The van der Waals surface area contributed by atoms with E-state index in [1.54, 1.807) is 4.90 Å². The van der Waals surface area contributed by atoms with Crippen LogP contribution < -0.4 is 24.5 Å². The summed E-state index contributed by atoms with van der Waals surface area (Å²) in [5, 5.41) is 0. The van der Waals surface area contributed by atoms with E-state index in [2.05, 4.69) is 184 Å². The van der Waals surface area contributed by atoms with Crippen molar-refractivity contribution in [3.8, 4) is 22.3 Å². The van der Waals surface area contributed by atoms with Crippen molar-refractivity contribution in [2.75, 3.05) is 31.5 Å². The molecule has 8 aromatic carbocycles. The van der Waals surface area contributed by atoms with Gasteiger partial charge in [-0.3, -0.25) is 0 Å². The number of benzene rings is 8. The molecule has 0 aromatic heterocycles. The maximum atomic E-state index is 9.07. The van der Waals surface area contributed by atoms with Crippen molar-refractivity contribution >= 4 is 65.2 Å². The molecule has 282 valence electrons. The first-order valence-electron chi connectivity index (χ1n) is 20.7. The summed E-state index contributed by atoms with van der Waals surface area (Å²) in [6.45, 7) is -0.379. The van der Waals surface area contributed by atoms with Gasteiger partial charge in [-0.15, -0.1) is 0 Å². The number of para-hydroxylation sites is 5. The van der Waals surface area contributed by atoms with Gasteiger partial charge >= 0.3 is 353 Å². The first kappa shape index (κ1) is 31.3. The van der Waals surface area contributed by atoms with Crippen molar-refractivity contribution in [3.05, 3.63) is 206 Å². The van der Waals surface area contributed by atoms with Crippen LogP contribution in [0.3, 0.4) is 0 Å². The molecule has 6 heteroatoms. The van der Waals surface area contributed by atoms with Gasteiger partial charge in [-0.25, -0.2) is 0 Å². The van der Waals surface area contributed by atoms with Crippen LogP contribution in [0.15, 0.2) is 188 Å². The minimum absolute atomic E-state index is 0.639. The molecule has 0 saturated carbocycles. The maximum absolute atomic E-state index is 9.07. The summed E-state index contributed by atoms with van der Waals surface area (Å²) in [4.78, 5) is 10.6. The van der Waals surface area contributed by atoms with Crippen molar-refractivity contribution in [1.29, 1.82) is 0 Å². The second kappa shape index (κ2) is 14.0. The van der Waals surface area contributed by atoms with Crippen molar-refractivity contribution in [1.82, 2.24) is 0 Å². The van der Waals surface area contributed by atoms with Crippen LogP contribution in [0.4, 0.5) is 56.9 Å². The topological polar surface area (TPSA) is 16.2 Å². The van der Waals surface area contributed by atoms with E-state index in [1.165, 1.54) is 0 Å². The molecule has 0 radical (unpaired) electrons. The first-order chi connectivity index (χ1) is 29.8. The van der Waals surface area contributed by atoms with Crippen LogP contribution in [-0.4, -0.2) is 15.3 Å². The summed E-state index contributed by atoms with van der Waals surface area (Å²) in [6.07, 6.45) is 0. The third-order valence-electron chi connectivity index (χ3n) is 10.8. The molecule has 0 aliphatic carbocycles. The van der Waals surface area contributed by atoms with E-state index in [0.717, 1.165) is 83.1 Å². The Morgan fingerprint density at radius 3 is 1.41 bits per heavy atom. The fourth-order valence-corrected chi connectivity index (χ4v) is 11.5. The number of rotatable bonds is 4. The standard InChI is InChI=1S/C52H37N5.Pt/c1-38-30-32-41(33-31-38)55-37-56(51-29-12-11-28-50(51)55)43-21-14-23-45(35-43)57(44-22-13-20-42(34-44)54-36-53(2)48-26-9-10-27-49(48)54)52-46(39-16-5-3-6-17-39)24-15-25-47(52)40-18-7-4-8-19-40;/h3-33H,1-2H3;/q-2;/i2D3;. The predicted octanol–water partition coefficient (Wildman–Crippen LogP) is 12.5. The van der Waals surface area contributed by atoms with E-state index in [4.69, 9.17) is 4.11 Å². The van der Waals surface area contributed by atoms with E-state index in [1.807, 2.05) is 42.5 Å². The average Bonchev–Trinajstić information content (AvgIpc) is 3.80. The van der Waals surface area contributed by atoms with Gasteiger partial charge in [0.2, 0.25) is 0 Å². The Bertz CT molecular complexity index is 3000. The Balaban J connectivity index is 1.28. The quantitative estimate of drug-likeness (QED) is 0.163. The van der Waals surface area contributed by atoms with Gasteiger partial charge in [-0.1, -0.05) is 0 Å². The molecule has 0 saturated heterocycles. The van der Waals surface area contributed by atoms with Crippen molar-refractivity contribution < 1.29 is 21.8 Å². The molecule has 8 aromatic rings. The molecular formula is C52H37N5Pt-2. The Hall–Kier alpha value is -6.81. The number of anilines is 10. The summed E-state index contributed by atoms with van der Waals surface area (Å²) < 4.78 is 28.9. The SMILES string of the molecule is [2H]C([2H])([2H])N1[C]2=[Pt]=[C]3N(c4[c-]c(ccc4)N(c4c(-c5ccccc5)cccc4-c4ccccc4)c4[c-]c(ccc4)N2c2ccccc21)c1ccccc1N3c1ccc(C)cc1. The van der Waals surface area contributed by atoms with Gasteiger partial charge in [-0.05, 0) is 0 Å². The summed E-state index contributed by atoms with van der Waals surface area (Å²) >= 11 is -1.30. The normalized spacial score (nSPS) is 15.2. The Morgan fingerprint density at radius 2 is 0.862 bits per heavy atom. The molecule has 0 spiro atoms. The molecule has 58 heavy (non-hydrogen) atoms. The zero-order chi connectivity index (χ0) is 41.2. The predicted molar refractivity (Wildman–Crippen MR) is 239 cm³/mol. The van der Waals surface area contributed by atoms with Gasteiger partial charge in [-0.2, -0.15) is 0 Å². The van der Waals surface area contributed by atoms with Gasteiger partial charge < -0.3 is 0 Å². The molecule has 4 bridgehead atoms. The fourth-order valence-electron chi connectivity index (χ4n) is 8.10. The molecular weight excluding hydrogens is 890 g/mol. The van der Waals surface area contributed by atoms with Gasteiger partial charge in [0.1, 0.15) is 0 Å². The Kier molecular flexibility index (Phi) is 7.54. The minimum atomic E-state index is -2.47. The first-order valence-corrected chi connectivity index (χ1v) is 21.5. The molecule has 0 unspecified atom stereocenters. The van der Waals surface area contributed by atoms with Crippen LogP contribution in [0, 0.1) is 19.1 Å². The van der Waals surface area contributed by atoms with E-state index in [-0.39, 0.29) is 0 Å². The third kappa shape index (κ3) is 5.57. The van der Waals surface area contributed by atoms with E-state index >= 15 is 0 Å². The van der Waals surface area contributed by atoms with Crippen LogP contribution in [0.25, 0.3) is 22.3 Å². The Labute approximate surface area is 351 Å². The molecule has 3 aliphatic rings. The summed E-state index contributed by atoms with van der Waals surface area (Å²) in [5.41, 5.74) is 14.1. The molecule has 0 atom stereocenters. The fraction of sp³-hybridized carbons (Fsp3) is 0.0385. The van der Waals surface area contributed by atoms with Crippen molar-refractivity contribution in [2.24, 2.45) is 0 Å². The zero-order valence-corrected chi connectivity index (χ0v) is 33.7. The Morgan fingerprint density at radius 1 is 0.414 bits per heavy atom. The van der Waals surface area contributed by atoms with Crippen LogP contribution >= 0.6 is 0 Å². The monoisotopic (exact) mass is 929 g/mol. The second-order valence-corrected chi connectivity index (χ2v) is 16.9. The molecule has 0 amide bonds. The van der Waals surface area contributed by atoms with Gasteiger partial charge in [0.05, 0.1) is 0 Å².